The highest BCUT2D eigenvalue weighted by molar-refractivity contribution is 6.38. The molecule has 0 spiro atoms. The number of rotatable bonds is 5. The molecular weight excluding hydrogens is 688 g/mol. The first-order valence-corrected chi connectivity index (χ1v) is 16.1. The third-order valence-electron chi connectivity index (χ3n) is 9.43. The molecule has 2 atom stereocenters. The molecule has 3 heterocycles. The second-order valence-corrected chi connectivity index (χ2v) is 13.5. The van der Waals surface area contributed by atoms with Gasteiger partial charge in [-0.1, -0.05) is 47.5 Å². The number of hydrogen-bond donors (Lipinski definition) is 3. The molecule has 49 heavy (non-hydrogen) atoms. The van der Waals surface area contributed by atoms with Crippen LogP contribution < -0.4 is 21.5 Å². The maximum absolute atomic E-state index is 15.2. The summed E-state index contributed by atoms with van der Waals surface area (Å²) in [6, 6.07) is 1.82. The molecule has 2 aromatic heterocycles. The summed E-state index contributed by atoms with van der Waals surface area (Å²) in [7, 11) is 0. The van der Waals surface area contributed by atoms with Gasteiger partial charge in [0.25, 0.3) is 0 Å². The lowest BCUT2D eigenvalue weighted by atomic mass is 9.85. The van der Waals surface area contributed by atoms with E-state index >= 15 is 4.39 Å². The van der Waals surface area contributed by atoms with Gasteiger partial charge < -0.3 is 30.0 Å². The van der Waals surface area contributed by atoms with Crippen LogP contribution >= 0.6 is 23.2 Å². The summed E-state index contributed by atoms with van der Waals surface area (Å²) in [5.74, 6) is -5.88. The van der Waals surface area contributed by atoms with Crippen molar-refractivity contribution in [1.29, 1.82) is 0 Å². The Morgan fingerprint density at radius 3 is 1.82 bits per heavy atom. The average Bonchev–Trinajstić information content (AvgIpc) is 3.98. The number of halogens is 5. The van der Waals surface area contributed by atoms with Crippen molar-refractivity contribution in [2.24, 2.45) is 11.7 Å². The topological polar surface area (TPSA) is 148 Å². The molecule has 4 N–H and O–H groups in total. The van der Waals surface area contributed by atoms with Crippen molar-refractivity contribution >= 4 is 62.6 Å². The van der Waals surface area contributed by atoms with Crippen LogP contribution in [0.1, 0.15) is 58.5 Å². The Bertz CT molecular complexity index is 2310. The minimum Gasteiger partial charge on any atom is -0.477 e. The smallest absolute Gasteiger partial charge is 0.341 e. The number of nitrogens with two attached hydrogens (primary N) is 1. The fourth-order valence-corrected chi connectivity index (χ4v) is 7.36. The van der Waals surface area contributed by atoms with Crippen LogP contribution in [0, 0.1) is 23.4 Å². The summed E-state index contributed by atoms with van der Waals surface area (Å²) >= 11 is 12.5. The van der Waals surface area contributed by atoms with Crippen molar-refractivity contribution in [2.45, 2.75) is 43.3 Å². The van der Waals surface area contributed by atoms with E-state index in [1.54, 1.807) is 4.57 Å². The van der Waals surface area contributed by atoms with Crippen LogP contribution in [0.5, 0.6) is 0 Å². The summed E-state index contributed by atoms with van der Waals surface area (Å²) in [4.78, 5) is 49.1. The van der Waals surface area contributed by atoms with Crippen LogP contribution in [0.2, 0.25) is 10.0 Å². The lowest BCUT2D eigenvalue weighted by Gasteiger charge is -2.27. The zero-order valence-corrected chi connectivity index (χ0v) is 26.9. The molecule has 3 aliphatic carbocycles. The molecule has 254 valence electrons. The molecule has 1 saturated heterocycles. The van der Waals surface area contributed by atoms with Crippen LogP contribution in [0.25, 0.3) is 21.8 Å². The van der Waals surface area contributed by atoms with Crippen LogP contribution in [0.15, 0.2) is 58.4 Å². The van der Waals surface area contributed by atoms with Gasteiger partial charge in [0.1, 0.15) is 22.0 Å². The Balaban J connectivity index is 0.000000166. The van der Waals surface area contributed by atoms with Crippen LogP contribution in [-0.4, -0.2) is 49.9 Å². The molecule has 1 aliphatic heterocycles. The molecule has 0 bridgehead atoms. The fraction of sp³-hybridized carbons (Fsp3) is 0.294. The Morgan fingerprint density at radius 1 is 0.816 bits per heavy atom. The Morgan fingerprint density at radius 2 is 1.33 bits per heavy atom. The lowest BCUT2D eigenvalue weighted by Crippen LogP contribution is -2.46. The number of carboxylic acids is 2. The predicted molar refractivity (Wildman–Crippen MR) is 178 cm³/mol. The second-order valence-electron chi connectivity index (χ2n) is 12.8. The summed E-state index contributed by atoms with van der Waals surface area (Å²) < 4.78 is 45.4. The summed E-state index contributed by atoms with van der Waals surface area (Å²) in [6.45, 7) is 0.891. The van der Waals surface area contributed by atoms with Gasteiger partial charge in [-0.15, -0.1) is 0 Å². The number of anilines is 1. The zero-order chi connectivity index (χ0) is 35.1. The van der Waals surface area contributed by atoms with Gasteiger partial charge in [-0.3, -0.25) is 9.59 Å². The van der Waals surface area contributed by atoms with Crippen LogP contribution in [-0.2, 0) is 0 Å². The van der Waals surface area contributed by atoms with Gasteiger partial charge in [0, 0.05) is 43.5 Å². The number of allylic oxidation sites excluding steroid dienone is 2. The molecule has 15 heteroatoms. The minimum absolute atomic E-state index is 0.0121. The molecule has 4 aromatic rings. The van der Waals surface area contributed by atoms with Gasteiger partial charge in [0.2, 0.25) is 10.9 Å². The van der Waals surface area contributed by atoms with Gasteiger partial charge in [0.15, 0.2) is 11.6 Å². The predicted octanol–water partition coefficient (Wildman–Crippen LogP) is 6.05. The van der Waals surface area contributed by atoms with E-state index in [0.717, 1.165) is 37.9 Å². The van der Waals surface area contributed by atoms with E-state index in [4.69, 9.17) is 34.0 Å². The van der Waals surface area contributed by atoms with Crippen molar-refractivity contribution in [1.82, 2.24) is 9.13 Å². The number of fused-ring (bicyclic) bond motifs is 3. The molecule has 0 amide bonds. The first kappa shape index (κ1) is 32.9. The van der Waals surface area contributed by atoms with E-state index in [2.05, 4.69) is 0 Å². The monoisotopic (exact) mass is 714 g/mol. The van der Waals surface area contributed by atoms with E-state index in [-0.39, 0.29) is 50.6 Å². The maximum atomic E-state index is 15.2. The van der Waals surface area contributed by atoms with Gasteiger partial charge in [-0.25, -0.2) is 22.8 Å². The van der Waals surface area contributed by atoms with Crippen LogP contribution in [0.3, 0.4) is 0 Å². The number of aromatic nitrogens is 2. The van der Waals surface area contributed by atoms with Crippen molar-refractivity contribution in [3.05, 3.63) is 108 Å². The summed E-state index contributed by atoms with van der Waals surface area (Å²) in [5.41, 5.74) is 4.07. The number of benzene rings is 2. The maximum Gasteiger partial charge on any atom is 0.341 e. The lowest BCUT2D eigenvalue weighted by molar-refractivity contribution is 0.0684. The number of nitrogens with zero attached hydrogens (tertiary/aromatic N) is 3. The number of carbonyl (C=O) groups is 2. The first-order valence-electron chi connectivity index (χ1n) is 15.4. The fourth-order valence-electron chi connectivity index (χ4n) is 6.67. The minimum atomic E-state index is -1.41. The molecule has 3 fully saturated rings. The van der Waals surface area contributed by atoms with Gasteiger partial charge in [-0.2, -0.15) is 0 Å². The molecule has 8 rings (SSSR count). The van der Waals surface area contributed by atoms with E-state index < -0.39 is 56.4 Å². The zero-order valence-electron chi connectivity index (χ0n) is 25.4. The van der Waals surface area contributed by atoms with E-state index in [1.165, 1.54) is 10.8 Å². The highest BCUT2D eigenvalue weighted by Crippen LogP contribution is 2.44. The number of aromatic carboxylic acids is 2. The third-order valence-corrected chi connectivity index (χ3v) is 10.1. The number of hydrogen-bond acceptors (Lipinski definition) is 6. The Hall–Kier alpha value is -4.59. The van der Waals surface area contributed by atoms with E-state index in [0.29, 0.717) is 24.7 Å². The van der Waals surface area contributed by atoms with Crippen molar-refractivity contribution in [3.8, 4) is 0 Å². The third kappa shape index (κ3) is 5.49. The molecule has 0 radical (unpaired) electrons. The number of carboxylic acid groups (broad SMARTS) is 2. The molecular formula is C34H27Cl2F3N4O6. The van der Waals surface area contributed by atoms with Crippen molar-refractivity contribution in [3.63, 3.8) is 0 Å². The highest BCUT2D eigenvalue weighted by Gasteiger charge is 2.43. The molecule has 2 unspecified atom stereocenters. The largest absolute Gasteiger partial charge is 0.477 e. The SMILES string of the molecule is NC12C=CC=CC1CN(c1c(F)cc3c(=O)c(C(=O)O)cn(C4CC4)c3c1Cl)C2.O=C(O)c1cn(C2CC2)c2c(Cl)c(F)c(F)cc2c1=O. The summed E-state index contributed by atoms with van der Waals surface area (Å²) in [5, 5.41) is 17.8. The quantitative estimate of drug-likeness (QED) is 0.212. The first-order chi connectivity index (χ1) is 23.2. The van der Waals surface area contributed by atoms with Crippen molar-refractivity contribution < 1.29 is 33.0 Å². The van der Waals surface area contributed by atoms with Crippen molar-refractivity contribution in [2.75, 3.05) is 18.0 Å². The van der Waals surface area contributed by atoms with E-state index in [9.17, 15) is 33.1 Å². The number of pyridine rings is 2. The molecule has 10 nitrogen and oxygen atoms in total. The van der Waals surface area contributed by atoms with Gasteiger partial charge in [0.05, 0.1) is 38.1 Å². The second kappa shape index (κ2) is 11.8. The Kier molecular flexibility index (Phi) is 7.92. The summed E-state index contributed by atoms with van der Waals surface area (Å²) in [6.07, 6.45) is 13.5. The molecule has 4 aliphatic rings. The molecule has 2 aromatic carbocycles. The van der Waals surface area contributed by atoms with Gasteiger partial charge in [-0.05, 0) is 37.8 Å². The standard InChI is InChI=1S/C21H19ClFN3O3.C13H8ClF2NO3/c22-16-17-13(19(27)14(20(28)29)9-26(17)12-4-5-12)7-15(23)18(16)25-8-11-3-1-2-6-21(11,24)10-25;14-9-10(16)8(15)3-6-11(9)17(5-1-2-5)4-7(12(6)18)13(19)20/h1-3,6-7,9,11-12H,4-5,8,10,24H2,(H,28,29);3-5H,1-2H2,(H,19,20). The average molecular weight is 716 g/mol. The van der Waals surface area contributed by atoms with Gasteiger partial charge >= 0.3 is 11.9 Å². The van der Waals surface area contributed by atoms with Crippen LogP contribution in [0.4, 0.5) is 18.9 Å². The van der Waals surface area contributed by atoms with E-state index in [1.807, 2.05) is 29.2 Å². The normalized spacial score (nSPS) is 21.2. The highest BCUT2D eigenvalue weighted by atomic mass is 35.5. The molecule has 2 saturated carbocycles. The Labute approximate surface area is 285 Å².